The van der Waals surface area contributed by atoms with Gasteiger partial charge in [0.05, 0.1) is 0 Å². The Hall–Kier alpha value is -1.27. The summed E-state index contributed by atoms with van der Waals surface area (Å²) in [6.45, 7) is 0. The molecule has 2 rings (SSSR count). The van der Waals surface area contributed by atoms with Crippen molar-refractivity contribution in [3.8, 4) is 22.1 Å². The number of hydrogen-bond acceptors (Lipinski definition) is 6. The Morgan fingerprint density at radius 3 is 2.60 bits per heavy atom. The Labute approximate surface area is 94.6 Å². The molecular weight excluding hydrogens is 232 g/mol. The summed E-state index contributed by atoms with van der Waals surface area (Å²) in [6, 6.07) is 4.60. The molecule has 1 aromatic heterocycles. The molecule has 0 amide bonds. The van der Waals surface area contributed by atoms with Crippen LogP contribution in [0.25, 0.3) is 10.6 Å². The lowest BCUT2D eigenvalue weighted by Crippen LogP contribution is -1.77. The van der Waals surface area contributed by atoms with Crippen molar-refractivity contribution in [1.82, 2.24) is 10.2 Å². The summed E-state index contributed by atoms with van der Waals surface area (Å²) in [5.74, 6) is -0.276. The lowest BCUT2D eigenvalue weighted by atomic mass is 10.2. The maximum absolute atomic E-state index is 9.33. The predicted molar refractivity (Wildman–Crippen MR) is 60.5 cm³/mol. The van der Waals surface area contributed by atoms with Crippen molar-refractivity contribution in [3.63, 3.8) is 0 Å². The molecule has 2 N–H and O–H groups in total. The number of phenols is 2. The van der Waals surface area contributed by atoms with Crippen molar-refractivity contribution < 1.29 is 10.2 Å². The minimum Gasteiger partial charge on any atom is -0.504 e. The van der Waals surface area contributed by atoms with E-state index in [2.05, 4.69) is 10.2 Å². The topological polar surface area (TPSA) is 66.2 Å². The van der Waals surface area contributed by atoms with Crippen LogP contribution in [0, 0.1) is 0 Å². The lowest BCUT2D eigenvalue weighted by molar-refractivity contribution is 0.404. The second kappa shape index (κ2) is 4.08. The molecule has 4 nitrogen and oxygen atoms in total. The van der Waals surface area contributed by atoms with Gasteiger partial charge in [-0.1, -0.05) is 23.1 Å². The molecule has 0 aliphatic carbocycles. The third kappa shape index (κ3) is 2.05. The first-order valence-electron chi connectivity index (χ1n) is 4.10. The molecule has 0 saturated heterocycles. The first-order chi connectivity index (χ1) is 7.20. The average Bonchev–Trinajstić information content (AvgIpc) is 2.70. The number of aromatic nitrogens is 2. The maximum atomic E-state index is 9.33. The van der Waals surface area contributed by atoms with Gasteiger partial charge in [-0.25, -0.2) is 0 Å². The van der Waals surface area contributed by atoms with Gasteiger partial charge in [0.2, 0.25) is 0 Å². The number of hydrogen-bond donors (Lipinski definition) is 2. The van der Waals surface area contributed by atoms with Gasteiger partial charge in [0.1, 0.15) is 5.01 Å². The van der Waals surface area contributed by atoms with Crippen LogP contribution in [0.4, 0.5) is 0 Å². The van der Waals surface area contributed by atoms with Gasteiger partial charge < -0.3 is 10.2 Å². The number of phenolic OH excluding ortho intramolecular Hbond substituents is 2. The number of aromatic hydroxyl groups is 2. The highest BCUT2D eigenvalue weighted by atomic mass is 32.2. The number of rotatable bonds is 2. The molecule has 0 spiro atoms. The summed E-state index contributed by atoms with van der Waals surface area (Å²) < 4.78 is 0.873. The van der Waals surface area contributed by atoms with Gasteiger partial charge in [-0.3, -0.25) is 0 Å². The quantitative estimate of drug-likeness (QED) is 0.623. The third-order valence-corrected chi connectivity index (χ3v) is 3.75. The summed E-state index contributed by atoms with van der Waals surface area (Å²) in [6.07, 6.45) is 1.93. The molecule has 1 aromatic carbocycles. The van der Waals surface area contributed by atoms with Crippen molar-refractivity contribution in [2.24, 2.45) is 0 Å². The Balaban J connectivity index is 2.40. The monoisotopic (exact) mass is 240 g/mol. The lowest BCUT2D eigenvalue weighted by Gasteiger charge is -1.98. The van der Waals surface area contributed by atoms with Crippen molar-refractivity contribution in [1.29, 1.82) is 0 Å². The van der Waals surface area contributed by atoms with E-state index >= 15 is 0 Å². The average molecular weight is 240 g/mol. The SMILES string of the molecule is CSc1nnc(-c2ccc(O)c(O)c2)s1. The van der Waals surface area contributed by atoms with Crippen LogP contribution in [0.2, 0.25) is 0 Å². The van der Waals surface area contributed by atoms with Crippen LogP contribution < -0.4 is 0 Å². The van der Waals surface area contributed by atoms with Crippen molar-refractivity contribution >= 4 is 23.1 Å². The zero-order valence-corrected chi connectivity index (χ0v) is 9.47. The molecule has 0 atom stereocenters. The second-order valence-electron chi connectivity index (χ2n) is 2.78. The standard InChI is InChI=1S/C9H8N2O2S2/c1-14-9-11-10-8(15-9)5-2-3-6(12)7(13)4-5/h2-4,12-13H,1H3. The Kier molecular flexibility index (Phi) is 2.79. The van der Waals surface area contributed by atoms with E-state index in [9.17, 15) is 5.11 Å². The van der Waals surface area contributed by atoms with Crippen LogP contribution in [0.5, 0.6) is 11.5 Å². The largest absolute Gasteiger partial charge is 0.504 e. The third-order valence-electron chi connectivity index (χ3n) is 1.80. The van der Waals surface area contributed by atoms with E-state index in [-0.39, 0.29) is 11.5 Å². The van der Waals surface area contributed by atoms with Crippen LogP contribution in [-0.4, -0.2) is 26.7 Å². The van der Waals surface area contributed by atoms with E-state index in [4.69, 9.17) is 5.11 Å². The van der Waals surface area contributed by atoms with Gasteiger partial charge in [0, 0.05) is 5.56 Å². The zero-order chi connectivity index (χ0) is 10.8. The Morgan fingerprint density at radius 2 is 2.00 bits per heavy atom. The van der Waals surface area contributed by atoms with Crippen LogP contribution in [0.15, 0.2) is 22.5 Å². The smallest absolute Gasteiger partial charge is 0.174 e. The molecule has 6 heteroatoms. The molecule has 1 heterocycles. The van der Waals surface area contributed by atoms with Crippen LogP contribution in [-0.2, 0) is 0 Å². The van der Waals surface area contributed by atoms with Crippen molar-refractivity contribution in [3.05, 3.63) is 18.2 Å². The van der Waals surface area contributed by atoms with Crippen LogP contribution in [0.1, 0.15) is 0 Å². The zero-order valence-electron chi connectivity index (χ0n) is 7.84. The van der Waals surface area contributed by atoms with Crippen molar-refractivity contribution in [2.75, 3.05) is 6.26 Å². The van der Waals surface area contributed by atoms with Gasteiger partial charge >= 0.3 is 0 Å². The number of benzene rings is 1. The highest BCUT2D eigenvalue weighted by Gasteiger charge is 2.08. The number of nitrogens with zero attached hydrogens (tertiary/aromatic N) is 2. The summed E-state index contributed by atoms with van der Waals surface area (Å²) in [5.41, 5.74) is 0.753. The fourth-order valence-corrected chi connectivity index (χ4v) is 2.33. The van der Waals surface area contributed by atoms with E-state index in [1.54, 1.807) is 6.07 Å². The fraction of sp³-hybridized carbons (Fsp3) is 0.111. The van der Waals surface area contributed by atoms with Gasteiger partial charge in [-0.2, -0.15) is 0 Å². The van der Waals surface area contributed by atoms with E-state index in [0.29, 0.717) is 0 Å². The van der Waals surface area contributed by atoms with Gasteiger partial charge in [-0.15, -0.1) is 10.2 Å². The normalized spacial score (nSPS) is 10.5. The van der Waals surface area contributed by atoms with Gasteiger partial charge in [0.15, 0.2) is 15.8 Å². The maximum Gasteiger partial charge on any atom is 0.174 e. The number of thioether (sulfide) groups is 1. The Bertz CT molecular complexity index is 485. The van der Waals surface area contributed by atoms with Crippen LogP contribution >= 0.6 is 23.1 Å². The highest BCUT2D eigenvalue weighted by molar-refractivity contribution is 8.00. The van der Waals surface area contributed by atoms with E-state index < -0.39 is 0 Å². The molecule has 0 radical (unpaired) electrons. The molecule has 78 valence electrons. The van der Waals surface area contributed by atoms with Crippen molar-refractivity contribution in [2.45, 2.75) is 4.34 Å². The van der Waals surface area contributed by atoms with E-state index in [0.717, 1.165) is 14.9 Å². The molecule has 0 bridgehead atoms. The summed E-state index contributed by atoms with van der Waals surface area (Å²) >= 11 is 2.97. The molecule has 2 aromatic rings. The highest BCUT2D eigenvalue weighted by Crippen LogP contribution is 2.33. The summed E-state index contributed by atoms with van der Waals surface area (Å²) in [5, 5.41) is 27.1. The molecule has 0 aliphatic rings. The van der Waals surface area contributed by atoms with E-state index in [1.807, 2.05) is 6.26 Å². The molecule has 0 saturated carbocycles. The van der Waals surface area contributed by atoms with Crippen LogP contribution in [0.3, 0.4) is 0 Å². The summed E-state index contributed by atoms with van der Waals surface area (Å²) in [4.78, 5) is 0. The molecule has 0 unspecified atom stereocenters. The first-order valence-corrected chi connectivity index (χ1v) is 6.14. The molecule has 15 heavy (non-hydrogen) atoms. The second-order valence-corrected chi connectivity index (χ2v) is 4.81. The molecular formula is C9H8N2O2S2. The first kappa shape index (κ1) is 10.3. The minimum absolute atomic E-state index is 0.131. The minimum atomic E-state index is -0.145. The van der Waals surface area contributed by atoms with Gasteiger partial charge in [0.25, 0.3) is 0 Å². The van der Waals surface area contributed by atoms with E-state index in [1.165, 1.54) is 35.2 Å². The molecule has 0 fully saturated rings. The fourth-order valence-electron chi connectivity index (χ4n) is 1.07. The van der Waals surface area contributed by atoms with Gasteiger partial charge in [-0.05, 0) is 24.5 Å². The predicted octanol–water partition coefficient (Wildman–Crippen LogP) is 2.34. The summed E-state index contributed by atoms with van der Waals surface area (Å²) in [7, 11) is 0. The Morgan fingerprint density at radius 1 is 1.20 bits per heavy atom. The molecule has 0 aliphatic heterocycles.